The fraction of sp³-hybridized carbons (Fsp3) is 0.240. The first-order valence-corrected chi connectivity index (χ1v) is 12.3. The third kappa shape index (κ3) is 4.79. The topological polar surface area (TPSA) is 74.8 Å². The second kappa shape index (κ2) is 9.71. The normalized spacial score (nSPS) is 12.2. The first kappa shape index (κ1) is 22.3. The zero-order valence-electron chi connectivity index (χ0n) is 18.2. The summed E-state index contributed by atoms with van der Waals surface area (Å²) in [5.74, 6) is 0.993. The van der Waals surface area contributed by atoms with Crippen molar-refractivity contribution in [1.82, 2.24) is 15.3 Å². The third-order valence-corrected chi connectivity index (χ3v) is 7.74. The molecule has 164 valence electrons. The Bertz CT molecular complexity index is 1240. The van der Waals surface area contributed by atoms with Crippen molar-refractivity contribution in [1.29, 1.82) is 0 Å². The Morgan fingerprint density at radius 3 is 2.25 bits per heavy atom. The molecule has 0 saturated carbocycles. The minimum Gasteiger partial charge on any atom is -0.344 e. The molecule has 2 N–H and O–H groups in total. The maximum absolute atomic E-state index is 13.0. The zero-order chi connectivity index (χ0) is 22.7. The largest absolute Gasteiger partial charge is 0.344 e. The Kier molecular flexibility index (Phi) is 6.77. The SMILES string of the molecule is Cc1sc2nc(CS[C@H](C)C(=O)NC(c3ccccc3)c3ccccc3)[nH]c(=O)c2c1C. The number of benzene rings is 2. The molecule has 0 fully saturated rings. The summed E-state index contributed by atoms with van der Waals surface area (Å²) in [5.41, 5.74) is 2.93. The van der Waals surface area contributed by atoms with E-state index in [1.54, 1.807) is 0 Å². The van der Waals surface area contributed by atoms with E-state index >= 15 is 0 Å². The van der Waals surface area contributed by atoms with Crippen LogP contribution in [0.25, 0.3) is 10.2 Å². The van der Waals surface area contributed by atoms with E-state index in [4.69, 9.17) is 0 Å². The van der Waals surface area contributed by atoms with Crippen molar-refractivity contribution in [2.24, 2.45) is 0 Å². The van der Waals surface area contributed by atoms with Crippen LogP contribution < -0.4 is 10.9 Å². The molecule has 0 bridgehead atoms. The number of thioether (sulfide) groups is 1. The molecule has 0 saturated heterocycles. The standard InChI is InChI=1S/C25H25N3O2S2/c1-15-16(2)32-25-21(15)24(30)26-20(27-25)14-31-17(3)23(29)28-22(18-10-6-4-7-11-18)19-12-8-5-9-13-19/h4-13,17,22H,14H2,1-3H3,(H,28,29)(H,26,27,30)/t17-/m1/s1. The van der Waals surface area contributed by atoms with Crippen LogP contribution in [0.4, 0.5) is 0 Å². The number of carbonyl (C=O) groups excluding carboxylic acids is 1. The molecular weight excluding hydrogens is 438 g/mol. The van der Waals surface area contributed by atoms with Gasteiger partial charge in [0, 0.05) is 4.88 Å². The lowest BCUT2D eigenvalue weighted by atomic mass is 9.98. The molecule has 7 heteroatoms. The van der Waals surface area contributed by atoms with E-state index in [-0.39, 0.29) is 22.8 Å². The highest BCUT2D eigenvalue weighted by atomic mass is 32.2. The number of aromatic nitrogens is 2. The van der Waals surface area contributed by atoms with Gasteiger partial charge in [-0.2, -0.15) is 0 Å². The number of aryl methyl sites for hydroxylation is 2. The van der Waals surface area contributed by atoms with Crippen LogP contribution in [0.2, 0.25) is 0 Å². The van der Waals surface area contributed by atoms with Gasteiger partial charge >= 0.3 is 0 Å². The highest BCUT2D eigenvalue weighted by Crippen LogP contribution is 2.27. The summed E-state index contributed by atoms with van der Waals surface area (Å²) in [7, 11) is 0. The van der Waals surface area contributed by atoms with Crippen LogP contribution in [-0.4, -0.2) is 21.1 Å². The maximum Gasteiger partial charge on any atom is 0.259 e. The van der Waals surface area contributed by atoms with Gasteiger partial charge < -0.3 is 10.3 Å². The highest BCUT2D eigenvalue weighted by molar-refractivity contribution is 7.99. The molecule has 0 aliphatic heterocycles. The summed E-state index contributed by atoms with van der Waals surface area (Å²) < 4.78 is 0. The Morgan fingerprint density at radius 2 is 1.66 bits per heavy atom. The van der Waals surface area contributed by atoms with Gasteiger partial charge in [-0.3, -0.25) is 9.59 Å². The summed E-state index contributed by atoms with van der Waals surface area (Å²) in [6, 6.07) is 19.7. The molecule has 5 nitrogen and oxygen atoms in total. The van der Waals surface area contributed by atoms with Gasteiger partial charge in [0.25, 0.3) is 5.56 Å². The van der Waals surface area contributed by atoms with E-state index in [2.05, 4.69) is 15.3 Å². The molecular formula is C25H25N3O2S2. The number of nitrogens with one attached hydrogen (secondary N) is 2. The van der Waals surface area contributed by atoms with Gasteiger partial charge in [0.2, 0.25) is 5.91 Å². The number of nitrogens with zero attached hydrogens (tertiary/aromatic N) is 1. The minimum absolute atomic E-state index is 0.0565. The van der Waals surface area contributed by atoms with Crippen LogP contribution in [0.3, 0.4) is 0 Å². The lowest BCUT2D eigenvalue weighted by molar-refractivity contribution is -0.120. The molecule has 2 aromatic carbocycles. The summed E-state index contributed by atoms with van der Waals surface area (Å²) in [6.45, 7) is 5.82. The molecule has 0 aliphatic carbocycles. The fourth-order valence-corrected chi connectivity index (χ4v) is 5.37. The number of carbonyl (C=O) groups is 1. The molecule has 4 rings (SSSR count). The van der Waals surface area contributed by atoms with Crippen molar-refractivity contribution in [2.75, 3.05) is 0 Å². The predicted octanol–water partition coefficient (Wildman–Crippen LogP) is 5.13. The van der Waals surface area contributed by atoms with E-state index in [0.717, 1.165) is 26.4 Å². The summed E-state index contributed by atoms with van der Waals surface area (Å²) >= 11 is 2.99. The average Bonchev–Trinajstić information content (AvgIpc) is 3.10. The lowest BCUT2D eigenvalue weighted by Crippen LogP contribution is -2.35. The molecule has 0 aliphatic rings. The van der Waals surface area contributed by atoms with Crippen LogP contribution in [0, 0.1) is 13.8 Å². The molecule has 32 heavy (non-hydrogen) atoms. The van der Waals surface area contributed by atoms with Crippen molar-refractivity contribution >= 4 is 39.2 Å². The summed E-state index contributed by atoms with van der Waals surface area (Å²) in [5, 5.41) is 3.55. The fourth-order valence-electron chi connectivity index (χ4n) is 3.56. The molecule has 4 aromatic rings. The van der Waals surface area contributed by atoms with Gasteiger partial charge in [0.15, 0.2) is 0 Å². The molecule has 0 spiro atoms. The summed E-state index contributed by atoms with van der Waals surface area (Å²) in [6.07, 6.45) is 0. The van der Waals surface area contributed by atoms with Crippen LogP contribution >= 0.6 is 23.1 Å². The molecule has 0 radical (unpaired) electrons. The average molecular weight is 464 g/mol. The number of H-pyrrole nitrogens is 1. The van der Waals surface area contributed by atoms with Crippen molar-refractivity contribution in [3.63, 3.8) is 0 Å². The van der Waals surface area contributed by atoms with E-state index in [1.807, 2.05) is 81.4 Å². The Labute approximate surface area is 195 Å². The van der Waals surface area contributed by atoms with Crippen molar-refractivity contribution in [3.05, 3.63) is 98.4 Å². The molecule has 0 unspecified atom stereocenters. The maximum atomic E-state index is 13.0. The first-order valence-electron chi connectivity index (χ1n) is 10.4. The Morgan fingerprint density at radius 1 is 1.06 bits per heavy atom. The molecule has 2 aromatic heterocycles. The minimum atomic E-state index is -0.308. The molecule has 2 heterocycles. The quantitative estimate of drug-likeness (QED) is 0.398. The van der Waals surface area contributed by atoms with Crippen molar-refractivity contribution in [2.45, 2.75) is 37.8 Å². The van der Waals surface area contributed by atoms with Gasteiger partial charge in [-0.15, -0.1) is 23.1 Å². The van der Waals surface area contributed by atoms with Gasteiger partial charge in [-0.25, -0.2) is 4.98 Å². The van der Waals surface area contributed by atoms with E-state index < -0.39 is 0 Å². The number of rotatable bonds is 7. The van der Waals surface area contributed by atoms with Crippen LogP contribution in [0.5, 0.6) is 0 Å². The van der Waals surface area contributed by atoms with Gasteiger partial charge in [0.05, 0.1) is 22.4 Å². The number of hydrogen-bond acceptors (Lipinski definition) is 5. The second-order valence-electron chi connectivity index (χ2n) is 7.69. The number of thiophene rings is 1. The smallest absolute Gasteiger partial charge is 0.259 e. The van der Waals surface area contributed by atoms with Gasteiger partial charge in [0.1, 0.15) is 10.7 Å². The van der Waals surface area contributed by atoms with Crippen LogP contribution in [0.15, 0.2) is 65.5 Å². The second-order valence-corrected chi connectivity index (χ2v) is 10.2. The number of amides is 1. The predicted molar refractivity (Wildman–Crippen MR) is 133 cm³/mol. The number of aromatic amines is 1. The van der Waals surface area contributed by atoms with Gasteiger partial charge in [-0.05, 0) is 37.5 Å². The van der Waals surface area contributed by atoms with E-state index in [1.165, 1.54) is 23.1 Å². The number of hydrogen-bond donors (Lipinski definition) is 2. The van der Waals surface area contributed by atoms with E-state index in [0.29, 0.717) is 17.0 Å². The third-order valence-electron chi connectivity index (χ3n) is 5.48. The van der Waals surface area contributed by atoms with Gasteiger partial charge in [-0.1, -0.05) is 60.7 Å². The van der Waals surface area contributed by atoms with Crippen molar-refractivity contribution in [3.8, 4) is 0 Å². The molecule has 1 atom stereocenters. The summed E-state index contributed by atoms with van der Waals surface area (Å²) in [4.78, 5) is 34.9. The molecule has 1 amide bonds. The Hall–Kier alpha value is -2.90. The Balaban J connectivity index is 1.47. The number of fused-ring (bicyclic) bond motifs is 1. The zero-order valence-corrected chi connectivity index (χ0v) is 19.8. The van der Waals surface area contributed by atoms with Crippen LogP contribution in [0.1, 0.15) is 40.4 Å². The van der Waals surface area contributed by atoms with Crippen molar-refractivity contribution < 1.29 is 4.79 Å². The van der Waals surface area contributed by atoms with Crippen LogP contribution in [-0.2, 0) is 10.5 Å². The first-order chi connectivity index (χ1) is 15.4. The highest BCUT2D eigenvalue weighted by Gasteiger charge is 2.21. The monoisotopic (exact) mass is 463 g/mol. The van der Waals surface area contributed by atoms with E-state index in [9.17, 15) is 9.59 Å². The lowest BCUT2D eigenvalue weighted by Gasteiger charge is -2.22.